The van der Waals surface area contributed by atoms with Crippen LogP contribution >= 0.6 is 43.2 Å². The molecule has 0 saturated heterocycles. The maximum absolute atomic E-state index is 15.0. The molecule has 0 bridgehead atoms. The zero-order valence-corrected chi connectivity index (χ0v) is 39.7. The Labute approximate surface area is 390 Å². The molecule has 2 aromatic heterocycles. The van der Waals surface area contributed by atoms with Gasteiger partial charge in [0.2, 0.25) is 11.8 Å². The van der Waals surface area contributed by atoms with Gasteiger partial charge < -0.3 is 43.6 Å². The lowest BCUT2D eigenvalue weighted by molar-refractivity contribution is -0.134. The Morgan fingerprint density at radius 1 is 0.815 bits per heavy atom. The molecule has 4 heterocycles. The molecule has 342 valence electrons. The number of carbonyl (C=O) groups is 3. The van der Waals surface area contributed by atoms with Crippen LogP contribution in [0, 0.1) is 37.0 Å². The SMILES string of the molecule is Cc1ccc(COC(=S)N(C)CCN(C)C(=O)Oc2cc3c(c4c(C)c[nH]c24)[C@H](CCl)CN3C(=O)C23CC4(C(=O)N5C[C@@H](CCl)c6c5cc(OP(=O)(O)O)c5[nH]cc(C)c65)CC24C3)cc1. The fourth-order valence-electron chi connectivity index (χ4n) is 11.4. The Hall–Kier alpha value is -4.83. The number of nitrogens with zero attached hydrogens (tertiary/aromatic N) is 4. The first-order valence-electron chi connectivity index (χ1n) is 21.5. The quantitative estimate of drug-likeness (QED) is 0.0539. The van der Waals surface area contributed by atoms with Crippen molar-refractivity contribution in [1.82, 2.24) is 19.8 Å². The average Bonchev–Trinajstić information content (AvgIpc) is 3.64. The van der Waals surface area contributed by atoms with Crippen LogP contribution in [0.1, 0.15) is 64.5 Å². The van der Waals surface area contributed by atoms with Gasteiger partial charge in [0, 0.05) is 105 Å². The first-order valence-corrected chi connectivity index (χ1v) is 24.5. The van der Waals surface area contributed by atoms with E-state index < -0.39 is 30.2 Å². The minimum atomic E-state index is -4.94. The number of aryl methyl sites for hydroxylation is 3. The lowest BCUT2D eigenvalue weighted by Gasteiger charge is -2.37. The number of hydrogen-bond donors (Lipinski definition) is 4. The van der Waals surface area contributed by atoms with E-state index in [-0.39, 0.29) is 46.9 Å². The Kier molecular flexibility index (Phi) is 10.4. The van der Waals surface area contributed by atoms with Crippen molar-refractivity contribution in [2.75, 3.05) is 61.8 Å². The van der Waals surface area contributed by atoms with Crippen molar-refractivity contribution in [3.05, 3.63) is 82.2 Å². The van der Waals surface area contributed by atoms with Crippen LogP contribution in [0.15, 0.2) is 48.8 Å². The normalized spacial score (nSPS) is 24.5. The summed E-state index contributed by atoms with van der Waals surface area (Å²) in [5.41, 5.74) is 5.87. The highest BCUT2D eigenvalue weighted by Crippen LogP contribution is 3.01. The van der Waals surface area contributed by atoms with E-state index in [1.54, 1.807) is 41.1 Å². The van der Waals surface area contributed by atoms with Crippen LogP contribution in [0.2, 0.25) is 0 Å². The minimum Gasteiger partial charge on any atom is -0.466 e. The molecule has 0 radical (unpaired) electrons. The van der Waals surface area contributed by atoms with Crippen molar-refractivity contribution in [2.45, 2.75) is 58.5 Å². The summed E-state index contributed by atoms with van der Waals surface area (Å²) in [6.45, 7) is 7.52. The fraction of sp³-hybridized carbons (Fsp3) is 0.435. The number of likely N-dealkylation sites (N-methyl/N-ethyl adjacent to an activating group) is 2. The first-order chi connectivity index (χ1) is 30.9. The molecule has 2 aliphatic heterocycles. The molecule has 5 atom stereocenters. The Morgan fingerprint density at radius 2 is 1.32 bits per heavy atom. The van der Waals surface area contributed by atoms with Gasteiger partial charge in [0.15, 0.2) is 11.5 Å². The smallest absolute Gasteiger partial charge is 0.466 e. The molecule has 5 aromatic rings. The highest BCUT2D eigenvalue weighted by atomic mass is 35.5. The van der Waals surface area contributed by atoms with E-state index >= 15 is 4.79 Å². The number of aromatic nitrogens is 2. The number of H-pyrrole nitrogens is 2. The van der Waals surface area contributed by atoms with Crippen LogP contribution in [0.25, 0.3) is 21.8 Å². The average molecular weight is 964 g/mol. The standard InChI is InChI=1S/C46H49Cl2N6O9PS/c1-24-6-8-27(9-7-24)20-61-43(65)52(5)11-10-51(4)42(57)62-32-12-30-36(34-25(2)16-49-38(32)34)28(14-47)18-53(30)40(55)44-21-45(23-46(44,45)22-44)41(56)54-19-29(15-48)37-31(54)13-33(63-64(58,59)60)39-35(37)26(3)17-50-39/h6-9,12-13,16-17,28-29,49-50H,10-11,14-15,18-23H2,1-5H3,(H2,58,59,60)/t28-,29-,44?,45?,46?/m1/s1. The summed E-state index contributed by atoms with van der Waals surface area (Å²) in [5.74, 6) is 0.117. The second-order valence-electron chi connectivity index (χ2n) is 18.7. The van der Waals surface area contributed by atoms with Crippen molar-refractivity contribution < 1.29 is 42.7 Å². The third kappa shape index (κ3) is 6.68. The van der Waals surface area contributed by atoms with E-state index in [1.807, 2.05) is 51.2 Å². The molecular weight excluding hydrogens is 914 g/mol. The number of nitrogens with one attached hydrogen (secondary N) is 2. The first kappa shape index (κ1) is 44.0. The zero-order valence-electron chi connectivity index (χ0n) is 36.5. The van der Waals surface area contributed by atoms with Crippen molar-refractivity contribution in [3.8, 4) is 11.5 Å². The molecule has 1 spiro atoms. The maximum atomic E-state index is 15.0. The number of amides is 3. The second kappa shape index (κ2) is 15.4. The summed E-state index contributed by atoms with van der Waals surface area (Å²) in [6.07, 6.45) is 4.50. The molecule has 3 aliphatic carbocycles. The third-order valence-electron chi connectivity index (χ3n) is 14.8. The van der Waals surface area contributed by atoms with Gasteiger partial charge in [0.25, 0.3) is 5.17 Å². The van der Waals surface area contributed by atoms with Gasteiger partial charge in [-0.3, -0.25) is 19.4 Å². The van der Waals surface area contributed by atoms with Crippen LogP contribution < -0.4 is 19.1 Å². The number of carbonyl (C=O) groups excluding carboxylic acids is 3. The summed E-state index contributed by atoms with van der Waals surface area (Å²) < 4.78 is 29.1. The molecule has 3 unspecified atom stereocenters. The van der Waals surface area contributed by atoms with E-state index in [1.165, 1.54) is 11.0 Å². The molecule has 19 heteroatoms. The highest BCUT2D eigenvalue weighted by Gasteiger charge is 3.01. The Morgan fingerprint density at radius 3 is 1.83 bits per heavy atom. The van der Waals surface area contributed by atoms with Crippen molar-refractivity contribution in [1.29, 1.82) is 0 Å². The zero-order chi connectivity index (χ0) is 46.1. The lowest BCUT2D eigenvalue weighted by Crippen LogP contribution is -2.49. The molecule has 15 nitrogen and oxygen atoms in total. The minimum absolute atomic E-state index is 0.0571. The van der Waals surface area contributed by atoms with Gasteiger partial charge in [0.1, 0.15) is 6.61 Å². The van der Waals surface area contributed by atoms with Crippen LogP contribution in [-0.2, 0) is 25.5 Å². The van der Waals surface area contributed by atoms with E-state index in [9.17, 15) is 23.9 Å². The predicted molar refractivity (Wildman–Crippen MR) is 251 cm³/mol. The number of hydrogen-bond acceptors (Lipinski definition) is 8. The summed E-state index contributed by atoms with van der Waals surface area (Å²) in [6, 6.07) is 11.3. The van der Waals surface area contributed by atoms with Gasteiger partial charge in [0.05, 0.1) is 33.2 Å². The summed E-state index contributed by atoms with van der Waals surface area (Å²) in [4.78, 5) is 76.1. The highest BCUT2D eigenvalue weighted by molar-refractivity contribution is 7.80. The number of thiocarbonyl (C=S) groups is 1. The molecule has 3 aromatic carbocycles. The van der Waals surface area contributed by atoms with Crippen molar-refractivity contribution >= 4 is 99.5 Å². The fourth-order valence-corrected chi connectivity index (χ4v) is 12.5. The summed E-state index contributed by atoms with van der Waals surface area (Å²) in [7, 11) is -1.49. The summed E-state index contributed by atoms with van der Waals surface area (Å²) in [5, 5.41) is 1.88. The van der Waals surface area contributed by atoms with E-state index in [0.29, 0.717) is 79.6 Å². The molecule has 4 N–H and O–H groups in total. The van der Waals surface area contributed by atoms with Gasteiger partial charge in [-0.05, 0) is 80.1 Å². The Balaban J connectivity index is 0.867. The maximum Gasteiger partial charge on any atom is 0.524 e. The number of phosphoric ester groups is 1. The van der Waals surface area contributed by atoms with Crippen molar-refractivity contribution in [2.24, 2.45) is 16.2 Å². The largest absolute Gasteiger partial charge is 0.524 e. The number of phosphoric acid groups is 1. The van der Waals surface area contributed by atoms with Crippen LogP contribution in [0.4, 0.5) is 16.2 Å². The monoisotopic (exact) mass is 962 g/mol. The van der Waals surface area contributed by atoms with Crippen LogP contribution in [0.5, 0.6) is 11.5 Å². The number of rotatable bonds is 12. The van der Waals surface area contributed by atoms with E-state index in [0.717, 1.165) is 44.2 Å². The summed E-state index contributed by atoms with van der Waals surface area (Å²) >= 11 is 18.7. The number of ether oxygens (including phenoxy) is 2. The molecule has 65 heavy (non-hydrogen) atoms. The van der Waals surface area contributed by atoms with Gasteiger partial charge >= 0.3 is 13.9 Å². The topological polar surface area (TPSA) is 181 Å². The molecule has 3 fully saturated rings. The molecule has 3 amide bonds. The molecular formula is C46H49Cl2N6O9PS. The number of halogens is 2. The number of benzene rings is 3. The number of aromatic amines is 2. The van der Waals surface area contributed by atoms with Crippen LogP contribution in [0.3, 0.4) is 0 Å². The number of alkyl halides is 2. The third-order valence-corrected chi connectivity index (χ3v) is 16.5. The molecule has 3 saturated carbocycles. The van der Waals surface area contributed by atoms with Gasteiger partial charge in [-0.25, -0.2) is 9.36 Å². The predicted octanol–water partition coefficient (Wildman–Crippen LogP) is 8.12. The lowest BCUT2D eigenvalue weighted by atomic mass is 9.72. The molecule has 5 aliphatic rings. The Bertz CT molecular complexity index is 2920. The number of anilines is 2. The van der Waals surface area contributed by atoms with Crippen LogP contribution in [-0.4, -0.2) is 105 Å². The number of fused-ring (bicyclic) bond motifs is 6. The second-order valence-corrected chi connectivity index (χ2v) is 20.8. The van der Waals surface area contributed by atoms with Crippen molar-refractivity contribution in [3.63, 3.8) is 0 Å². The van der Waals surface area contributed by atoms with Gasteiger partial charge in [-0.2, -0.15) is 0 Å². The van der Waals surface area contributed by atoms with E-state index in [2.05, 4.69) is 9.97 Å². The van der Waals surface area contributed by atoms with E-state index in [4.69, 9.17) is 49.4 Å². The van der Waals surface area contributed by atoms with Gasteiger partial charge in [-0.15, -0.1) is 23.2 Å². The molecule has 10 rings (SSSR count). The van der Waals surface area contributed by atoms with Gasteiger partial charge in [-0.1, -0.05) is 29.8 Å².